The number of pyridine rings is 1. The number of hydrogen-bond acceptors (Lipinski definition) is 6. The van der Waals surface area contributed by atoms with Crippen LogP contribution in [0.4, 0.5) is 10.5 Å². The average Bonchev–Trinajstić information content (AvgIpc) is 2.81. The molecule has 2 heterocycles. The van der Waals surface area contributed by atoms with Gasteiger partial charge < -0.3 is 25.0 Å². The summed E-state index contributed by atoms with van der Waals surface area (Å²) in [7, 11) is 1.49. The SMILES string of the molecule is COc1cccnc1C(=O)NCc1cccc(NC(=O)C2CCCN(C(=O)OC(C)(C)C)C2)c1. The van der Waals surface area contributed by atoms with E-state index in [0.717, 1.165) is 12.0 Å². The van der Waals surface area contributed by atoms with Gasteiger partial charge in [-0.15, -0.1) is 0 Å². The van der Waals surface area contributed by atoms with Crippen molar-refractivity contribution in [2.75, 3.05) is 25.5 Å². The maximum absolute atomic E-state index is 12.9. The van der Waals surface area contributed by atoms with Crippen LogP contribution in [0.25, 0.3) is 0 Å². The second-order valence-corrected chi connectivity index (χ2v) is 9.19. The fraction of sp³-hybridized carbons (Fsp3) is 0.440. The van der Waals surface area contributed by atoms with Crippen molar-refractivity contribution in [3.63, 3.8) is 0 Å². The number of hydrogen-bond donors (Lipinski definition) is 2. The smallest absolute Gasteiger partial charge is 0.410 e. The molecular weight excluding hydrogens is 436 g/mol. The van der Waals surface area contributed by atoms with Gasteiger partial charge in [0.05, 0.1) is 13.0 Å². The molecule has 182 valence electrons. The zero-order valence-corrected chi connectivity index (χ0v) is 20.1. The van der Waals surface area contributed by atoms with Crippen LogP contribution >= 0.6 is 0 Å². The zero-order chi connectivity index (χ0) is 24.7. The van der Waals surface area contributed by atoms with Crippen LogP contribution in [0.15, 0.2) is 42.6 Å². The summed E-state index contributed by atoms with van der Waals surface area (Å²) >= 11 is 0. The molecule has 1 unspecified atom stereocenters. The molecule has 3 rings (SSSR count). The van der Waals surface area contributed by atoms with Crippen molar-refractivity contribution in [2.24, 2.45) is 5.92 Å². The number of piperidine rings is 1. The molecule has 0 radical (unpaired) electrons. The standard InChI is InChI=1S/C25H32N4O5/c1-25(2,3)34-24(32)29-13-7-9-18(16-29)22(30)28-19-10-5-8-17(14-19)15-27-23(31)21-20(33-4)11-6-12-26-21/h5-6,8,10-12,14,18H,7,9,13,15-16H2,1-4H3,(H,27,31)(H,28,30). The van der Waals surface area contributed by atoms with Crippen molar-refractivity contribution in [3.8, 4) is 5.75 Å². The summed E-state index contributed by atoms with van der Waals surface area (Å²) < 4.78 is 10.6. The molecule has 34 heavy (non-hydrogen) atoms. The van der Waals surface area contributed by atoms with Gasteiger partial charge in [-0.1, -0.05) is 12.1 Å². The first-order valence-corrected chi connectivity index (χ1v) is 11.3. The number of anilines is 1. The molecule has 1 saturated heterocycles. The average molecular weight is 469 g/mol. The van der Waals surface area contributed by atoms with Gasteiger partial charge >= 0.3 is 6.09 Å². The van der Waals surface area contributed by atoms with E-state index in [1.807, 2.05) is 39.0 Å². The predicted octanol–water partition coefficient (Wildman–Crippen LogP) is 3.61. The highest BCUT2D eigenvalue weighted by molar-refractivity contribution is 5.95. The van der Waals surface area contributed by atoms with Crippen molar-refractivity contribution in [1.82, 2.24) is 15.2 Å². The summed E-state index contributed by atoms with van der Waals surface area (Å²) in [4.78, 5) is 43.4. The summed E-state index contributed by atoms with van der Waals surface area (Å²) in [5.74, 6) is -0.417. The lowest BCUT2D eigenvalue weighted by atomic mass is 9.97. The molecule has 1 atom stereocenters. The lowest BCUT2D eigenvalue weighted by Gasteiger charge is -2.33. The van der Waals surface area contributed by atoms with E-state index in [9.17, 15) is 14.4 Å². The molecular formula is C25H32N4O5. The fourth-order valence-electron chi connectivity index (χ4n) is 3.68. The van der Waals surface area contributed by atoms with Crippen LogP contribution in [-0.2, 0) is 16.1 Å². The van der Waals surface area contributed by atoms with E-state index in [0.29, 0.717) is 30.9 Å². The second kappa shape index (κ2) is 11.0. The van der Waals surface area contributed by atoms with Gasteiger partial charge in [-0.25, -0.2) is 9.78 Å². The first kappa shape index (κ1) is 25.0. The number of carbonyl (C=O) groups is 3. The van der Waals surface area contributed by atoms with Crippen LogP contribution < -0.4 is 15.4 Å². The van der Waals surface area contributed by atoms with Gasteiger partial charge in [0.1, 0.15) is 11.4 Å². The minimum atomic E-state index is -0.580. The molecule has 2 aromatic rings. The van der Waals surface area contributed by atoms with Crippen molar-refractivity contribution < 1.29 is 23.9 Å². The Bertz CT molecular complexity index is 1030. The minimum Gasteiger partial charge on any atom is -0.494 e. The number of nitrogens with zero attached hydrogens (tertiary/aromatic N) is 2. The Morgan fingerprint density at radius 3 is 2.71 bits per heavy atom. The predicted molar refractivity (Wildman–Crippen MR) is 128 cm³/mol. The number of carbonyl (C=O) groups excluding carboxylic acids is 3. The van der Waals surface area contributed by atoms with Gasteiger partial charge in [0.25, 0.3) is 5.91 Å². The lowest BCUT2D eigenvalue weighted by Crippen LogP contribution is -2.45. The number of benzene rings is 1. The van der Waals surface area contributed by atoms with Crippen molar-refractivity contribution in [3.05, 3.63) is 53.9 Å². The van der Waals surface area contributed by atoms with E-state index in [1.54, 1.807) is 23.1 Å². The Balaban J connectivity index is 1.57. The first-order chi connectivity index (χ1) is 16.2. The molecule has 3 amide bonds. The van der Waals surface area contributed by atoms with Crippen LogP contribution in [0.2, 0.25) is 0 Å². The lowest BCUT2D eigenvalue weighted by molar-refractivity contribution is -0.121. The molecule has 1 fully saturated rings. The molecule has 0 aliphatic carbocycles. The molecule has 1 aliphatic rings. The Kier molecular flexibility index (Phi) is 8.09. The molecule has 0 spiro atoms. The summed E-state index contributed by atoms with van der Waals surface area (Å²) in [6.07, 6.45) is 2.57. The Morgan fingerprint density at radius 2 is 1.97 bits per heavy atom. The molecule has 0 bridgehead atoms. The number of ether oxygens (including phenoxy) is 2. The summed E-state index contributed by atoms with van der Waals surface area (Å²) in [6.45, 7) is 6.62. The number of nitrogens with one attached hydrogen (secondary N) is 2. The number of methoxy groups -OCH3 is 1. The van der Waals surface area contributed by atoms with Gasteiger partial charge in [-0.2, -0.15) is 0 Å². The number of amides is 3. The Labute approximate surface area is 199 Å². The molecule has 1 aromatic carbocycles. The summed E-state index contributed by atoms with van der Waals surface area (Å²) in [6, 6.07) is 10.6. The van der Waals surface area contributed by atoms with Gasteiger partial charge in [-0.05, 0) is 63.4 Å². The maximum atomic E-state index is 12.9. The molecule has 1 aliphatic heterocycles. The summed E-state index contributed by atoms with van der Waals surface area (Å²) in [5, 5.41) is 5.75. The van der Waals surface area contributed by atoms with E-state index >= 15 is 0 Å². The number of rotatable bonds is 6. The molecule has 9 heteroatoms. The van der Waals surface area contributed by atoms with Crippen LogP contribution in [0.3, 0.4) is 0 Å². The monoisotopic (exact) mass is 468 g/mol. The zero-order valence-electron chi connectivity index (χ0n) is 20.1. The van der Waals surface area contributed by atoms with E-state index in [4.69, 9.17) is 9.47 Å². The first-order valence-electron chi connectivity index (χ1n) is 11.3. The largest absolute Gasteiger partial charge is 0.494 e. The van der Waals surface area contributed by atoms with Gasteiger partial charge in [-0.3, -0.25) is 9.59 Å². The summed E-state index contributed by atoms with van der Waals surface area (Å²) in [5.41, 5.74) is 1.08. The van der Waals surface area contributed by atoms with E-state index in [2.05, 4.69) is 15.6 Å². The van der Waals surface area contributed by atoms with E-state index < -0.39 is 11.7 Å². The van der Waals surface area contributed by atoms with Gasteiger partial charge in [0.2, 0.25) is 5.91 Å². The third kappa shape index (κ3) is 6.94. The highest BCUT2D eigenvalue weighted by Gasteiger charge is 2.31. The van der Waals surface area contributed by atoms with Crippen LogP contribution in [0.1, 0.15) is 49.7 Å². The fourth-order valence-corrected chi connectivity index (χ4v) is 3.68. The van der Waals surface area contributed by atoms with Crippen LogP contribution in [0, 0.1) is 5.92 Å². The second-order valence-electron chi connectivity index (χ2n) is 9.19. The molecule has 1 aromatic heterocycles. The minimum absolute atomic E-state index is 0.146. The van der Waals surface area contributed by atoms with E-state index in [1.165, 1.54) is 13.3 Å². The maximum Gasteiger partial charge on any atom is 0.410 e. The third-order valence-corrected chi connectivity index (χ3v) is 5.30. The van der Waals surface area contributed by atoms with Crippen LogP contribution in [-0.4, -0.2) is 53.6 Å². The Hall–Kier alpha value is -3.62. The van der Waals surface area contributed by atoms with Crippen LogP contribution in [0.5, 0.6) is 5.75 Å². The Morgan fingerprint density at radius 1 is 1.18 bits per heavy atom. The van der Waals surface area contributed by atoms with Gasteiger partial charge in [0.15, 0.2) is 5.69 Å². The van der Waals surface area contributed by atoms with Crippen molar-refractivity contribution >= 4 is 23.6 Å². The highest BCUT2D eigenvalue weighted by atomic mass is 16.6. The molecule has 9 nitrogen and oxygen atoms in total. The number of likely N-dealkylation sites (tertiary alicyclic amines) is 1. The normalized spacial score (nSPS) is 15.9. The quantitative estimate of drug-likeness (QED) is 0.670. The van der Waals surface area contributed by atoms with Gasteiger partial charge in [0, 0.05) is 31.5 Å². The third-order valence-electron chi connectivity index (χ3n) is 5.30. The number of aromatic nitrogens is 1. The molecule has 0 saturated carbocycles. The molecule has 2 N–H and O–H groups in total. The van der Waals surface area contributed by atoms with E-state index in [-0.39, 0.29) is 30.0 Å². The highest BCUT2D eigenvalue weighted by Crippen LogP contribution is 2.22. The van der Waals surface area contributed by atoms with Crippen molar-refractivity contribution in [1.29, 1.82) is 0 Å². The topological polar surface area (TPSA) is 110 Å². The van der Waals surface area contributed by atoms with Crippen molar-refractivity contribution in [2.45, 2.75) is 45.8 Å².